The number of benzene rings is 2. The standard InChI is InChI=1S/C16H14F3N5O2/c17-16(18,19)26-12-5-3-4-11(10-12)20-14-7-2-1-6-13(14)15-21-23-24(22-15)8-9-25/h1-7,10,20,25H,8-9H2. The van der Waals surface area contributed by atoms with Crippen molar-refractivity contribution in [2.45, 2.75) is 12.9 Å². The minimum Gasteiger partial charge on any atom is -0.406 e. The third kappa shape index (κ3) is 4.48. The van der Waals surface area contributed by atoms with Crippen LogP contribution in [0.5, 0.6) is 5.75 Å². The van der Waals surface area contributed by atoms with Crippen molar-refractivity contribution in [1.29, 1.82) is 0 Å². The fourth-order valence-corrected chi connectivity index (χ4v) is 2.25. The van der Waals surface area contributed by atoms with E-state index in [4.69, 9.17) is 5.11 Å². The Morgan fingerprint density at radius 3 is 2.69 bits per heavy atom. The van der Waals surface area contributed by atoms with E-state index >= 15 is 0 Å². The molecule has 0 saturated heterocycles. The van der Waals surface area contributed by atoms with Crippen molar-refractivity contribution in [3.05, 3.63) is 48.5 Å². The lowest BCUT2D eigenvalue weighted by molar-refractivity contribution is -0.274. The summed E-state index contributed by atoms with van der Waals surface area (Å²) in [5.41, 5.74) is 1.60. The van der Waals surface area contributed by atoms with Gasteiger partial charge in [0.05, 0.1) is 13.2 Å². The molecular weight excluding hydrogens is 351 g/mol. The van der Waals surface area contributed by atoms with Gasteiger partial charge in [-0.1, -0.05) is 18.2 Å². The molecule has 1 aromatic heterocycles. The molecule has 0 unspecified atom stereocenters. The highest BCUT2D eigenvalue weighted by Crippen LogP contribution is 2.30. The zero-order valence-corrected chi connectivity index (χ0v) is 13.3. The second kappa shape index (κ2) is 7.40. The van der Waals surface area contributed by atoms with Gasteiger partial charge in [-0.2, -0.15) is 4.80 Å². The zero-order valence-electron chi connectivity index (χ0n) is 13.3. The number of nitrogens with one attached hydrogen (secondary N) is 1. The molecule has 2 aromatic carbocycles. The summed E-state index contributed by atoms with van der Waals surface area (Å²) in [5, 5.41) is 23.9. The van der Waals surface area contributed by atoms with Crippen LogP contribution in [0.1, 0.15) is 0 Å². The van der Waals surface area contributed by atoms with Crippen molar-refractivity contribution in [3.63, 3.8) is 0 Å². The number of hydrogen-bond acceptors (Lipinski definition) is 6. The molecule has 26 heavy (non-hydrogen) atoms. The molecule has 2 N–H and O–H groups in total. The number of tetrazole rings is 1. The van der Waals surface area contributed by atoms with Crippen molar-refractivity contribution >= 4 is 11.4 Å². The first-order valence-corrected chi connectivity index (χ1v) is 7.55. The average Bonchev–Trinajstić information content (AvgIpc) is 3.03. The first-order chi connectivity index (χ1) is 12.4. The third-order valence-corrected chi connectivity index (χ3v) is 3.27. The quantitative estimate of drug-likeness (QED) is 0.699. The smallest absolute Gasteiger partial charge is 0.406 e. The van der Waals surface area contributed by atoms with Crippen molar-refractivity contribution < 1.29 is 23.0 Å². The Balaban J connectivity index is 1.85. The van der Waals surface area contributed by atoms with Crippen LogP contribution in [0, 0.1) is 0 Å². The van der Waals surface area contributed by atoms with E-state index in [1.54, 1.807) is 30.3 Å². The van der Waals surface area contributed by atoms with Crippen LogP contribution in [-0.4, -0.2) is 38.3 Å². The molecule has 0 saturated carbocycles. The van der Waals surface area contributed by atoms with E-state index in [0.29, 0.717) is 22.8 Å². The molecule has 0 aliphatic carbocycles. The summed E-state index contributed by atoms with van der Waals surface area (Å²) >= 11 is 0. The molecule has 1 heterocycles. The van der Waals surface area contributed by atoms with Crippen LogP contribution in [0.4, 0.5) is 24.5 Å². The summed E-state index contributed by atoms with van der Waals surface area (Å²) in [6, 6.07) is 12.5. The molecule has 0 atom stereocenters. The number of rotatable bonds is 6. The minimum atomic E-state index is -4.76. The van der Waals surface area contributed by atoms with E-state index in [2.05, 4.69) is 25.5 Å². The molecule has 3 rings (SSSR count). The summed E-state index contributed by atoms with van der Waals surface area (Å²) in [5.74, 6) is -0.00348. The number of aliphatic hydroxyl groups is 1. The molecule has 0 aliphatic heterocycles. The van der Waals surface area contributed by atoms with Gasteiger partial charge in [0.1, 0.15) is 5.75 Å². The number of para-hydroxylation sites is 1. The van der Waals surface area contributed by atoms with Gasteiger partial charge in [0, 0.05) is 23.0 Å². The molecule has 0 radical (unpaired) electrons. The maximum absolute atomic E-state index is 12.4. The lowest BCUT2D eigenvalue weighted by Gasteiger charge is -2.12. The van der Waals surface area contributed by atoms with Gasteiger partial charge in [0.2, 0.25) is 5.82 Å². The molecule has 7 nitrogen and oxygen atoms in total. The van der Waals surface area contributed by atoms with E-state index < -0.39 is 6.36 Å². The number of aromatic nitrogens is 4. The number of ether oxygens (including phenoxy) is 1. The van der Waals surface area contributed by atoms with Gasteiger partial charge < -0.3 is 15.2 Å². The third-order valence-electron chi connectivity index (χ3n) is 3.27. The van der Waals surface area contributed by atoms with Crippen LogP contribution in [0.2, 0.25) is 0 Å². The number of nitrogens with zero attached hydrogens (tertiary/aromatic N) is 4. The van der Waals surface area contributed by atoms with E-state index in [1.165, 1.54) is 23.0 Å². The van der Waals surface area contributed by atoms with Gasteiger partial charge in [-0.25, -0.2) is 0 Å². The Bertz CT molecular complexity index is 882. The van der Waals surface area contributed by atoms with Crippen LogP contribution >= 0.6 is 0 Å². The summed E-state index contributed by atoms with van der Waals surface area (Å²) in [7, 11) is 0. The molecule has 0 bridgehead atoms. The van der Waals surface area contributed by atoms with Crippen molar-refractivity contribution in [2.24, 2.45) is 0 Å². The van der Waals surface area contributed by atoms with Crippen molar-refractivity contribution in [2.75, 3.05) is 11.9 Å². The maximum Gasteiger partial charge on any atom is 0.573 e. The molecule has 0 amide bonds. The molecule has 136 valence electrons. The average molecular weight is 365 g/mol. The highest BCUT2D eigenvalue weighted by Gasteiger charge is 2.31. The Morgan fingerprint density at radius 1 is 1.12 bits per heavy atom. The second-order valence-electron chi connectivity index (χ2n) is 5.18. The molecular formula is C16H14F3N5O2. The Labute approximate surface area is 146 Å². The van der Waals surface area contributed by atoms with E-state index in [9.17, 15) is 13.2 Å². The highest BCUT2D eigenvalue weighted by atomic mass is 19.4. The predicted molar refractivity (Wildman–Crippen MR) is 86.7 cm³/mol. The van der Waals surface area contributed by atoms with Crippen LogP contribution in [-0.2, 0) is 6.54 Å². The molecule has 0 fully saturated rings. The molecule has 0 aliphatic rings. The summed E-state index contributed by atoms with van der Waals surface area (Å²) in [6.45, 7) is 0.0844. The maximum atomic E-state index is 12.4. The van der Waals surface area contributed by atoms with Crippen LogP contribution < -0.4 is 10.1 Å². The van der Waals surface area contributed by atoms with Gasteiger partial charge >= 0.3 is 6.36 Å². The van der Waals surface area contributed by atoms with Gasteiger partial charge in [0.15, 0.2) is 0 Å². The monoisotopic (exact) mass is 365 g/mol. The molecule has 10 heteroatoms. The Hall–Kier alpha value is -3.14. The molecule has 0 spiro atoms. The van der Waals surface area contributed by atoms with E-state index in [-0.39, 0.29) is 18.9 Å². The van der Waals surface area contributed by atoms with Crippen LogP contribution in [0.3, 0.4) is 0 Å². The van der Waals surface area contributed by atoms with Crippen LogP contribution in [0.15, 0.2) is 48.5 Å². The van der Waals surface area contributed by atoms with Gasteiger partial charge in [0.25, 0.3) is 0 Å². The van der Waals surface area contributed by atoms with Gasteiger partial charge in [-0.3, -0.25) is 0 Å². The zero-order chi connectivity index (χ0) is 18.6. The van der Waals surface area contributed by atoms with Crippen molar-refractivity contribution in [3.8, 4) is 17.1 Å². The number of alkyl halides is 3. The van der Waals surface area contributed by atoms with Gasteiger partial charge in [-0.05, 0) is 29.5 Å². The second-order valence-corrected chi connectivity index (χ2v) is 5.18. The fraction of sp³-hybridized carbons (Fsp3) is 0.188. The first-order valence-electron chi connectivity index (χ1n) is 7.55. The Kier molecular flexibility index (Phi) is 5.03. The fourth-order valence-electron chi connectivity index (χ4n) is 2.25. The minimum absolute atomic E-state index is 0.123. The number of halogens is 3. The van der Waals surface area contributed by atoms with Gasteiger partial charge in [-0.15, -0.1) is 23.4 Å². The molecule has 3 aromatic rings. The van der Waals surface area contributed by atoms with Crippen molar-refractivity contribution in [1.82, 2.24) is 20.2 Å². The lowest BCUT2D eigenvalue weighted by Crippen LogP contribution is -2.17. The van der Waals surface area contributed by atoms with Crippen LogP contribution in [0.25, 0.3) is 11.4 Å². The summed E-state index contributed by atoms with van der Waals surface area (Å²) in [4.78, 5) is 1.25. The summed E-state index contributed by atoms with van der Waals surface area (Å²) in [6.07, 6.45) is -4.76. The number of aliphatic hydroxyl groups excluding tert-OH is 1. The SMILES string of the molecule is OCCn1nnc(-c2ccccc2Nc2cccc(OC(F)(F)F)c2)n1. The first kappa shape index (κ1) is 17.7. The Morgan fingerprint density at radius 2 is 1.92 bits per heavy atom. The summed E-state index contributed by atoms with van der Waals surface area (Å²) < 4.78 is 41.0. The largest absolute Gasteiger partial charge is 0.573 e. The normalized spacial score (nSPS) is 11.4. The topological polar surface area (TPSA) is 85.1 Å². The van der Waals surface area contributed by atoms with E-state index in [0.717, 1.165) is 0 Å². The van der Waals surface area contributed by atoms with E-state index in [1.807, 2.05) is 0 Å². The number of hydrogen-bond donors (Lipinski definition) is 2. The highest BCUT2D eigenvalue weighted by molar-refractivity contribution is 5.77. The number of anilines is 2. The lowest BCUT2D eigenvalue weighted by atomic mass is 10.1. The predicted octanol–water partition coefficient (Wildman–Crippen LogP) is 2.97.